The van der Waals surface area contributed by atoms with Gasteiger partial charge in [0.05, 0.1) is 6.04 Å². The molecule has 1 aromatic carbocycles. The van der Waals surface area contributed by atoms with Gasteiger partial charge in [-0.1, -0.05) is 30.3 Å². The molecule has 0 bridgehead atoms. The molecular weight excluding hydrogens is 308 g/mol. The molecule has 7 nitrogen and oxygen atoms in total. The number of carbonyl (C=O) groups is 2. The van der Waals surface area contributed by atoms with E-state index in [-0.39, 0.29) is 30.2 Å². The van der Waals surface area contributed by atoms with Crippen molar-refractivity contribution < 1.29 is 14.3 Å². The van der Waals surface area contributed by atoms with Crippen LogP contribution >= 0.6 is 0 Å². The highest BCUT2D eigenvalue weighted by atomic mass is 16.5. The summed E-state index contributed by atoms with van der Waals surface area (Å²) in [6, 6.07) is 11.1. The molecule has 128 valence electrons. The van der Waals surface area contributed by atoms with Crippen LogP contribution in [0.15, 0.2) is 36.4 Å². The van der Waals surface area contributed by atoms with E-state index < -0.39 is 0 Å². The molecule has 7 heteroatoms. The standard InChI is InChI=1S/C17H22N4O3/c1-12(13-8-6-5-7-9-13)18-17(23)14-10-16(21(4)19-14)24-11-15(22)20(2)3/h5-10,12H,11H2,1-4H3,(H,18,23)/t12-/m1/s1. The zero-order valence-electron chi connectivity index (χ0n) is 14.3. The topological polar surface area (TPSA) is 76.5 Å². The van der Waals surface area contributed by atoms with Gasteiger partial charge in [-0.15, -0.1) is 0 Å². The molecule has 0 spiro atoms. The third-order valence-electron chi connectivity index (χ3n) is 3.56. The fourth-order valence-electron chi connectivity index (χ4n) is 2.06. The van der Waals surface area contributed by atoms with Gasteiger partial charge in [-0.05, 0) is 12.5 Å². The van der Waals surface area contributed by atoms with Crippen molar-refractivity contribution in [1.29, 1.82) is 0 Å². The molecule has 1 aromatic heterocycles. The van der Waals surface area contributed by atoms with E-state index in [1.54, 1.807) is 21.1 Å². The van der Waals surface area contributed by atoms with Gasteiger partial charge in [0.25, 0.3) is 11.8 Å². The van der Waals surface area contributed by atoms with Crippen molar-refractivity contribution in [2.24, 2.45) is 7.05 Å². The van der Waals surface area contributed by atoms with Gasteiger partial charge in [-0.25, -0.2) is 4.68 Å². The minimum Gasteiger partial charge on any atom is -0.468 e. The van der Waals surface area contributed by atoms with Crippen LogP contribution in [0, 0.1) is 0 Å². The highest BCUT2D eigenvalue weighted by molar-refractivity contribution is 5.92. The molecule has 0 fully saturated rings. The molecule has 2 amide bonds. The molecule has 2 aromatic rings. The second-order valence-corrected chi connectivity index (χ2v) is 5.67. The summed E-state index contributed by atoms with van der Waals surface area (Å²) < 4.78 is 6.85. The predicted octanol–water partition coefficient (Wildman–Crippen LogP) is 1.38. The average molecular weight is 330 g/mol. The van der Waals surface area contributed by atoms with Crippen LogP contribution in [0.25, 0.3) is 0 Å². The van der Waals surface area contributed by atoms with Crippen LogP contribution in [-0.4, -0.2) is 47.2 Å². The van der Waals surface area contributed by atoms with Crippen molar-refractivity contribution in [2.45, 2.75) is 13.0 Å². The minimum absolute atomic E-state index is 0.103. The SMILES string of the molecule is C[C@@H](NC(=O)c1cc(OCC(=O)N(C)C)n(C)n1)c1ccccc1. The second kappa shape index (κ2) is 7.63. The molecule has 0 unspecified atom stereocenters. The van der Waals surface area contributed by atoms with E-state index in [0.717, 1.165) is 5.56 Å². The fourth-order valence-corrected chi connectivity index (χ4v) is 2.06. The highest BCUT2D eigenvalue weighted by Gasteiger charge is 2.17. The van der Waals surface area contributed by atoms with Crippen molar-refractivity contribution in [2.75, 3.05) is 20.7 Å². The van der Waals surface area contributed by atoms with E-state index in [9.17, 15) is 9.59 Å². The Balaban J connectivity index is 2.00. The van der Waals surface area contributed by atoms with E-state index in [0.29, 0.717) is 5.88 Å². The van der Waals surface area contributed by atoms with Gasteiger partial charge < -0.3 is 15.0 Å². The summed E-state index contributed by atoms with van der Waals surface area (Å²) in [4.78, 5) is 25.3. The molecular formula is C17H22N4O3. The summed E-state index contributed by atoms with van der Waals surface area (Å²) in [6.07, 6.45) is 0. The zero-order chi connectivity index (χ0) is 17.7. The minimum atomic E-state index is -0.296. The quantitative estimate of drug-likeness (QED) is 0.868. The number of likely N-dealkylation sites (N-methyl/N-ethyl adjacent to an activating group) is 1. The van der Waals surface area contributed by atoms with Crippen LogP contribution in [0.4, 0.5) is 0 Å². The molecule has 1 heterocycles. The van der Waals surface area contributed by atoms with Gasteiger partial charge in [0.2, 0.25) is 5.88 Å². The maximum absolute atomic E-state index is 12.3. The van der Waals surface area contributed by atoms with Gasteiger partial charge in [0.15, 0.2) is 12.3 Å². The first-order valence-corrected chi connectivity index (χ1v) is 7.61. The molecule has 0 aliphatic rings. The molecule has 0 saturated heterocycles. The third kappa shape index (κ3) is 4.34. The summed E-state index contributed by atoms with van der Waals surface area (Å²) >= 11 is 0. The first-order chi connectivity index (χ1) is 11.4. The van der Waals surface area contributed by atoms with Gasteiger partial charge >= 0.3 is 0 Å². The number of nitrogens with zero attached hydrogens (tertiary/aromatic N) is 3. The number of nitrogens with one attached hydrogen (secondary N) is 1. The number of hydrogen-bond acceptors (Lipinski definition) is 4. The van der Waals surface area contributed by atoms with Crippen molar-refractivity contribution in [1.82, 2.24) is 20.0 Å². The lowest BCUT2D eigenvalue weighted by molar-refractivity contribution is -0.130. The van der Waals surface area contributed by atoms with Crippen LogP contribution in [0.3, 0.4) is 0 Å². The Morgan fingerprint density at radius 1 is 1.29 bits per heavy atom. The lowest BCUT2D eigenvalue weighted by Crippen LogP contribution is -2.27. The van der Waals surface area contributed by atoms with E-state index in [1.165, 1.54) is 15.6 Å². The maximum Gasteiger partial charge on any atom is 0.272 e. The Hall–Kier alpha value is -2.83. The molecule has 1 N–H and O–H groups in total. The average Bonchev–Trinajstić information content (AvgIpc) is 2.94. The molecule has 0 aliphatic carbocycles. The Kier molecular flexibility index (Phi) is 5.57. The monoisotopic (exact) mass is 330 g/mol. The number of benzene rings is 1. The highest BCUT2D eigenvalue weighted by Crippen LogP contribution is 2.15. The molecule has 24 heavy (non-hydrogen) atoms. The van der Waals surface area contributed by atoms with E-state index in [4.69, 9.17) is 4.74 Å². The number of rotatable bonds is 6. The summed E-state index contributed by atoms with van der Waals surface area (Å²) in [6.45, 7) is 1.80. The van der Waals surface area contributed by atoms with Gasteiger partial charge in [0, 0.05) is 27.2 Å². The lowest BCUT2D eigenvalue weighted by atomic mass is 10.1. The van der Waals surface area contributed by atoms with Crippen LogP contribution < -0.4 is 10.1 Å². The number of hydrogen-bond donors (Lipinski definition) is 1. The summed E-state index contributed by atoms with van der Waals surface area (Å²) in [7, 11) is 4.96. The van der Waals surface area contributed by atoms with Crippen molar-refractivity contribution in [3.63, 3.8) is 0 Å². The number of aromatic nitrogens is 2. The number of amides is 2. The first kappa shape index (κ1) is 17.5. The third-order valence-corrected chi connectivity index (χ3v) is 3.56. The number of carbonyl (C=O) groups excluding carboxylic acids is 2. The molecule has 0 saturated carbocycles. The Labute approximate surface area is 141 Å². The largest absolute Gasteiger partial charge is 0.468 e. The van der Waals surface area contributed by atoms with Crippen LogP contribution in [-0.2, 0) is 11.8 Å². The second-order valence-electron chi connectivity index (χ2n) is 5.67. The fraction of sp³-hybridized carbons (Fsp3) is 0.353. The Bertz CT molecular complexity index is 710. The summed E-state index contributed by atoms with van der Waals surface area (Å²) in [5, 5.41) is 7.03. The van der Waals surface area contributed by atoms with E-state index in [1.807, 2.05) is 37.3 Å². The molecule has 0 aliphatic heterocycles. The predicted molar refractivity (Wildman–Crippen MR) is 89.7 cm³/mol. The Morgan fingerprint density at radius 2 is 1.96 bits per heavy atom. The number of ether oxygens (including phenoxy) is 1. The summed E-state index contributed by atoms with van der Waals surface area (Å²) in [5.74, 6) is -0.0987. The van der Waals surface area contributed by atoms with Crippen molar-refractivity contribution >= 4 is 11.8 Å². The van der Waals surface area contributed by atoms with Crippen molar-refractivity contribution in [3.05, 3.63) is 47.7 Å². The van der Waals surface area contributed by atoms with E-state index >= 15 is 0 Å². The van der Waals surface area contributed by atoms with Crippen LogP contribution in [0.5, 0.6) is 5.88 Å². The maximum atomic E-state index is 12.3. The lowest BCUT2D eigenvalue weighted by Gasteiger charge is -2.12. The smallest absolute Gasteiger partial charge is 0.272 e. The molecule has 0 radical (unpaired) electrons. The first-order valence-electron chi connectivity index (χ1n) is 7.61. The van der Waals surface area contributed by atoms with Crippen LogP contribution in [0.2, 0.25) is 0 Å². The molecule has 2 rings (SSSR count). The number of aryl methyl sites for hydroxylation is 1. The van der Waals surface area contributed by atoms with Gasteiger partial charge in [-0.2, -0.15) is 5.10 Å². The van der Waals surface area contributed by atoms with Crippen molar-refractivity contribution in [3.8, 4) is 5.88 Å². The summed E-state index contributed by atoms with van der Waals surface area (Å²) in [5.41, 5.74) is 1.25. The van der Waals surface area contributed by atoms with Gasteiger partial charge in [-0.3, -0.25) is 9.59 Å². The van der Waals surface area contributed by atoms with Gasteiger partial charge in [0.1, 0.15) is 0 Å². The normalized spacial score (nSPS) is 11.7. The molecule has 1 atom stereocenters. The van der Waals surface area contributed by atoms with E-state index in [2.05, 4.69) is 10.4 Å². The van der Waals surface area contributed by atoms with Crippen LogP contribution in [0.1, 0.15) is 29.0 Å². The Morgan fingerprint density at radius 3 is 2.58 bits per heavy atom. The zero-order valence-corrected chi connectivity index (χ0v) is 14.3.